The molecular weight excluding hydrogens is 476 g/mol. The van der Waals surface area contributed by atoms with Crippen molar-refractivity contribution in [1.82, 2.24) is 20.3 Å². The van der Waals surface area contributed by atoms with Crippen molar-refractivity contribution in [2.75, 3.05) is 23.3 Å². The van der Waals surface area contributed by atoms with Crippen molar-refractivity contribution in [2.45, 2.75) is 77.2 Å². The Morgan fingerprint density at radius 3 is 2.66 bits per heavy atom. The molecule has 5 rings (SSSR count). The zero-order valence-corrected chi connectivity index (χ0v) is 22.4. The summed E-state index contributed by atoms with van der Waals surface area (Å²) in [6.45, 7) is 3.44. The van der Waals surface area contributed by atoms with Crippen LogP contribution in [0.15, 0.2) is 42.5 Å². The highest BCUT2D eigenvalue weighted by atomic mass is 16.1. The summed E-state index contributed by atoms with van der Waals surface area (Å²) in [6.07, 6.45) is 16.4. The number of hydrogen-bond acceptors (Lipinski definition) is 8. The molecule has 3 fully saturated rings. The molecule has 0 radical (unpaired) electrons. The SMILES string of the molecule is CC(=O)NC1CCCC2(CCN(c3cc(N/C(N)=C/C(=N)C4CCCC4)nc(-c4cccnc4)n3)CC2)C1. The van der Waals surface area contributed by atoms with Crippen molar-refractivity contribution in [2.24, 2.45) is 17.1 Å². The van der Waals surface area contributed by atoms with E-state index in [4.69, 9.17) is 21.1 Å². The molecule has 3 heterocycles. The maximum absolute atomic E-state index is 11.6. The molecule has 5 N–H and O–H groups in total. The standard InChI is InChI=1S/C29H40N8O/c1-20(38)33-23-9-4-10-29(18-23)11-14-37(15-12-29)27-17-26(35-28(36-27)22-8-5-13-32-19-22)34-25(31)16-24(30)21-6-2-3-7-21/h5,8,13,16-17,19,21,23,30H,2-4,6-7,9-12,14-15,18,31H2,1H3,(H,33,38)(H,34,35,36)/b25-16+,30-24?. The number of hydrogen-bond donors (Lipinski definition) is 4. The van der Waals surface area contributed by atoms with Gasteiger partial charge in [-0.1, -0.05) is 19.3 Å². The van der Waals surface area contributed by atoms with Gasteiger partial charge >= 0.3 is 0 Å². The maximum Gasteiger partial charge on any atom is 0.217 e. The van der Waals surface area contributed by atoms with Crippen LogP contribution in [0.4, 0.5) is 11.6 Å². The number of nitrogens with two attached hydrogens (primary N) is 1. The largest absolute Gasteiger partial charge is 0.385 e. The topological polar surface area (TPSA) is 133 Å². The number of pyridine rings is 1. The van der Waals surface area contributed by atoms with Crippen molar-refractivity contribution in [3.63, 3.8) is 0 Å². The molecule has 1 atom stereocenters. The third-order valence-electron chi connectivity index (χ3n) is 8.51. The summed E-state index contributed by atoms with van der Waals surface area (Å²) in [5, 5.41) is 14.8. The molecular formula is C29H40N8O. The highest BCUT2D eigenvalue weighted by Crippen LogP contribution is 2.45. The van der Waals surface area contributed by atoms with Crippen LogP contribution in [0.25, 0.3) is 11.4 Å². The molecule has 1 amide bonds. The van der Waals surface area contributed by atoms with Crippen LogP contribution >= 0.6 is 0 Å². The number of carbonyl (C=O) groups excluding carboxylic acids is 1. The molecule has 3 aliphatic rings. The van der Waals surface area contributed by atoms with Crippen molar-refractivity contribution in [1.29, 1.82) is 5.41 Å². The number of rotatable bonds is 7. The van der Waals surface area contributed by atoms with Gasteiger partial charge in [-0.25, -0.2) is 9.97 Å². The molecule has 1 unspecified atom stereocenters. The molecule has 2 aromatic rings. The average molecular weight is 517 g/mol. The average Bonchev–Trinajstić information content (AvgIpc) is 3.45. The van der Waals surface area contributed by atoms with Crippen LogP contribution in [0.3, 0.4) is 0 Å². The molecule has 1 spiro atoms. The van der Waals surface area contributed by atoms with Gasteiger partial charge in [-0.2, -0.15) is 0 Å². The molecule has 38 heavy (non-hydrogen) atoms. The Kier molecular flexibility index (Phi) is 7.90. The van der Waals surface area contributed by atoms with E-state index in [-0.39, 0.29) is 17.4 Å². The lowest BCUT2D eigenvalue weighted by Crippen LogP contribution is -2.47. The fourth-order valence-corrected chi connectivity index (χ4v) is 6.52. The normalized spacial score (nSPS) is 21.9. The molecule has 2 aromatic heterocycles. The van der Waals surface area contributed by atoms with Gasteiger partial charge in [0.25, 0.3) is 0 Å². The molecule has 2 saturated carbocycles. The summed E-state index contributed by atoms with van der Waals surface area (Å²) >= 11 is 0. The van der Waals surface area contributed by atoms with Gasteiger partial charge in [0.05, 0.1) is 0 Å². The van der Waals surface area contributed by atoms with E-state index in [1.165, 1.54) is 25.7 Å². The van der Waals surface area contributed by atoms with Crippen LogP contribution in [0, 0.1) is 16.7 Å². The zero-order valence-electron chi connectivity index (χ0n) is 22.4. The van der Waals surface area contributed by atoms with Gasteiger partial charge in [0.15, 0.2) is 5.82 Å². The van der Waals surface area contributed by atoms with E-state index in [1.54, 1.807) is 25.4 Å². The molecule has 2 aliphatic carbocycles. The Labute approximate surface area is 225 Å². The minimum absolute atomic E-state index is 0.0696. The molecule has 202 valence electrons. The fraction of sp³-hybridized carbons (Fsp3) is 0.552. The lowest BCUT2D eigenvalue weighted by atomic mass is 9.66. The highest BCUT2D eigenvalue weighted by Gasteiger charge is 2.39. The van der Waals surface area contributed by atoms with Crippen molar-refractivity contribution in [3.8, 4) is 11.4 Å². The molecule has 0 bridgehead atoms. The molecule has 9 heteroatoms. The Morgan fingerprint density at radius 1 is 1.16 bits per heavy atom. The maximum atomic E-state index is 11.6. The fourth-order valence-electron chi connectivity index (χ4n) is 6.52. The van der Waals surface area contributed by atoms with Gasteiger partial charge in [0.1, 0.15) is 17.5 Å². The third kappa shape index (κ3) is 6.31. The number of anilines is 2. The van der Waals surface area contributed by atoms with E-state index in [9.17, 15) is 4.79 Å². The van der Waals surface area contributed by atoms with Gasteiger partial charge < -0.3 is 26.7 Å². The van der Waals surface area contributed by atoms with Crippen molar-refractivity contribution < 1.29 is 4.79 Å². The quantitative estimate of drug-likeness (QED) is 0.395. The second-order valence-electron chi connectivity index (χ2n) is 11.3. The van der Waals surface area contributed by atoms with E-state index < -0.39 is 0 Å². The summed E-state index contributed by atoms with van der Waals surface area (Å²) in [5.41, 5.74) is 8.04. The number of aromatic nitrogens is 3. The minimum atomic E-state index is 0.0696. The molecule has 1 aliphatic heterocycles. The third-order valence-corrected chi connectivity index (χ3v) is 8.51. The predicted molar refractivity (Wildman–Crippen MR) is 151 cm³/mol. The second-order valence-corrected chi connectivity index (χ2v) is 11.3. The Morgan fingerprint density at radius 2 is 1.95 bits per heavy atom. The number of carbonyl (C=O) groups is 1. The number of nitrogens with one attached hydrogen (secondary N) is 3. The number of nitrogens with zero attached hydrogens (tertiary/aromatic N) is 4. The Bertz CT molecular complexity index is 1170. The van der Waals surface area contributed by atoms with E-state index in [1.807, 2.05) is 18.2 Å². The molecule has 0 aromatic carbocycles. The summed E-state index contributed by atoms with van der Waals surface area (Å²) in [5.74, 6) is 2.87. The van der Waals surface area contributed by atoms with Crippen LogP contribution in [0.5, 0.6) is 0 Å². The first-order valence-electron chi connectivity index (χ1n) is 14.0. The van der Waals surface area contributed by atoms with E-state index >= 15 is 0 Å². The summed E-state index contributed by atoms with van der Waals surface area (Å²) in [6, 6.07) is 6.09. The van der Waals surface area contributed by atoms with E-state index in [2.05, 4.69) is 20.5 Å². The van der Waals surface area contributed by atoms with Gasteiger partial charge in [0, 0.05) is 61.7 Å². The van der Waals surface area contributed by atoms with Gasteiger partial charge in [0.2, 0.25) is 5.91 Å². The number of piperidine rings is 1. The van der Waals surface area contributed by atoms with Crippen LogP contribution in [-0.4, -0.2) is 45.7 Å². The van der Waals surface area contributed by atoms with Crippen LogP contribution in [0.1, 0.15) is 71.1 Å². The minimum Gasteiger partial charge on any atom is -0.385 e. The summed E-state index contributed by atoms with van der Waals surface area (Å²) < 4.78 is 0. The highest BCUT2D eigenvalue weighted by molar-refractivity contribution is 5.95. The lowest BCUT2D eigenvalue weighted by Gasteiger charge is -2.47. The zero-order chi connectivity index (χ0) is 26.5. The predicted octanol–water partition coefficient (Wildman–Crippen LogP) is 4.63. The van der Waals surface area contributed by atoms with Crippen molar-refractivity contribution in [3.05, 3.63) is 42.5 Å². The smallest absolute Gasteiger partial charge is 0.217 e. The second kappa shape index (κ2) is 11.5. The number of allylic oxidation sites excluding steroid dienone is 1. The molecule has 1 saturated heterocycles. The lowest BCUT2D eigenvalue weighted by molar-refractivity contribution is -0.120. The van der Waals surface area contributed by atoms with Crippen LogP contribution < -0.4 is 21.3 Å². The van der Waals surface area contributed by atoms with Gasteiger partial charge in [-0.15, -0.1) is 0 Å². The first-order chi connectivity index (χ1) is 18.4. The molecule has 9 nitrogen and oxygen atoms in total. The Hall–Kier alpha value is -3.49. The van der Waals surface area contributed by atoms with E-state index in [0.29, 0.717) is 29.1 Å². The van der Waals surface area contributed by atoms with E-state index in [0.717, 1.165) is 63.0 Å². The first kappa shape index (κ1) is 26.1. The summed E-state index contributed by atoms with van der Waals surface area (Å²) in [7, 11) is 0. The first-order valence-corrected chi connectivity index (χ1v) is 14.0. The van der Waals surface area contributed by atoms with Gasteiger partial charge in [-0.3, -0.25) is 9.78 Å². The van der Waals surface area contributed by atoms with Crippen LogP contribution in [0.2, 0.25) is 0 Å². The monoisotopic (exact) mass is 516 g/mol. The number of amides is 1. The Balaban J connectivity index is 1.33. The summed E-state index contributed by atoms with van der Waals surface area (Å²) in [4.78, 5) is 27.9. The van der Waals surface area contributed by atoms with Crippen molar-refractivity contribution >= 4 is 23.3 Å². The van der Waals surface area contributed by atoms with Crippen LogP contribution in [-0.2, 0) is 4.79 Å². The van der Waals surface area contributed by atoms with Gasteiger partial charge in [-0.05, 0) is 68.6 Å².